The molecule has 0 aromatic heterocycles. The Morgan fingerprint density at radius 2 is 1.26 bits per heavy atom. The van der Waals surface area contributed by atoms with E-state index < -0.39 is 11.8 Å². The van der Waals surface area contributed by atoms with Crippen LogP contribution in [0.4, 0.5) is 8.78 Å². The van der Waals surface area contributed by atoms with Crippen molar-refractivity contribution in [3.8, 4) is 22.3 Å². The van der Waals surface area contributed by atoms with Crippen LogP contribution >= 0.6 is 0 Å². The highest BCUT2D eigenvalue weighted by molar-refractivity contribution is 6.03. The minimum atomic E-state index is -1.12. The Morgan fingerprint density at radius 3 is 1.71 bits per heavy atom. The van der Waals surface area contributed by atoms with Crippen LogP contribution in [0.15, 0.2) is 84.9 Å². The Hall–Kier alpha value is -4.78. The average molecular weight is 519 g/mol. The molecule has 0 aliphatic heterocycles. The van der Waals surface area contributed by atoms with Crippen LogP contribution in [0.3, 0.4) is 0 Å². The van der Waals surface area contributed by atoms with Crippen LogP contribution in [0.5, 0.6) is 0 Å². The van der Waals surface area contributed by atoms with E-state index in [9.17, 15) is 18.4 Å². The van der Waals surface area contributed by atoms with Crippen LogP contribution in [0.25, 0.3) is 22.3 Å². The number of benzene rings is 4. The van der Waals surface area contributed by atoms with Gasteiger partial charge in [-0.05, 0) is 60.4 Å². The number of ketones is 1. The summed E-state index contributed by atoms with van der Waals surface area (Å²) in [4.78, 5) is 38.8. The molecule has 0 atom stereocenters. The highest BCUT2D eigenvalue weighted by atomic mass is 19.1. The number of hydrogen-bond donors (Lipinski definition) is 2. The van der Waals surface area contributed by atoms with Gasteiger partial charge in [-0.2, -0.15) is 9.59 Å². The van der Waals surface area contributed by atoms with Crippen molar-refractivity contribution in [2.45, 2.75) is 20.5 Å². The molecule has 4 aromatic rings. The summed E-state index contributed by atoms with van der Waals surface area (Å²) in [5, 5.41) is 17.9. The molecule has 0 aliphatic carbocycles. The van der Waals surface area contributed by atoms with E-state index in [0.29, 0.717) is 11.1 Å². The second kappa shape index (κ2) is 14.1. The van der Waals surface area contributed by atoms with Crippen LogP contribution in [0.1, 0.15) is 38.8 Å². The number of aromatic carboxylic acids is 1. The first-order valence-electron chi connectivity index (χ1n) is 11.2. The Labute approximate surface area is 217 Å². The fourth-order valence-corrected chi connectivity index (χ4v) is 3.69. The number of rotatable bonds is 5. The fourth-order valence-electron chi connectivity index (χ4n) is 3.69. The van der Waals surface area contributed by atoms with Crippen LogP contribution in [0, 0.1) is 18.6 Å². The first-order chi connectivity index (χ1) is 18.1. The molecule has 0 aliphatic rings. The summed E-state index contributed by atoms with van der Waals surface area (Å²) < 4.78 is 27.3. The van der Waals surface area contributed by atoms with Crippen LogP contribution < -0.4 is 0 Å². The molecule has 0 fully saturated rings. The maximum atomic E-state index is 13.8. The molecule has 194 valence electrons. The molecule has 2 N–H and O–H groups in total. The molecule has 0 bridgehead atoms. The third-order valence-electron chi connectivity index (χ3n) is 5.45. The number of carbonyl (C=O) groups excluding carboxylic acids is 3. The lowest BCUT2D eigenvalue weighted by Crippen LogP contribution is -2.03. The summed E-state index contributed by atoms with van der Waals surface area (Å²) in [6.45, 7) is 3.25. The summed E-state index contributed by atoms with van der Waals surface area (Å²) in [6, 6.07) is 22.4. The van der Waals surface area contributed by atoms with Crippen molar-refractivity contribution in [1.29, 1.82) is 0 Å². The SMILES string of the molecule is CC(=O)c1cc(C(=O)O)ccc1-c1ccccc1F.Cc1cc(CO)ccc1-c1ccccc1F.O=C=O. The van der Waals surface area contributed by atoms with E-state index in [1.165, 1.54) is 37.3 Å². The van der Waals surface area contributed by atoms with E-state index in [-0.39, 0.29) is 41.0 Å². The summed E-state index contributed by atoms with van der Waals surface area (Å²) in [7, 11) is 0. The van der Waals surface area contributed by atoms with Gasteiger partial charge in [-0.15, -0.1) is 0 Å². The van der Waals surface area contributed by atoms with E-state index in [4.69, 9.17) is 19.8 Å². The zero-order valence-electron chi connectivity index (χ0n) is 20.6. The molecule has 38 heavy (non-hydrogen) atoms. The van der Waals surface area contributed by atoms with Crippen molar-refractivity contribution in [3.63, 3.8) is 0 Å². The third-order valence-corrected chi connectivity index (χ3v) is 5.45. The van der Waals surface area contributed by atoms with E-state index in [2.05, 4.69) is 0 Å². The van der Waals surface area contributed by atoms with Gasteiger partial charge in [0, 0.05) is 16.7 Å². The largest absolute Gasteiger partial charge is 0.478 e. The lowest BCUT2D eigenvalue weighted by atomic mass is 9.95. The topological polar surface area (TPSA) is 109 Å². The minimum absolute atomic E-state index is 0.00490. The normalized spacial score (nSPS) is 9.71. The lowest BCUT2D eigenvalue weighted by Gasteiger charge is -2.09. The van der Waals surface area contributed by atoms with Gasteiger partial charge in [0.25, 0.3) is 0 Å². The predicted octanol–water partition coefficient (Wildman–Crippen LogP) is 6.10. The monoisotopic (exact) mass is 518 g/mol. The summed E-state index contributed by atoms with van der Waals surface area (Å²) in [6.07, 6.45) is 0.250. The van der Waals surface area contributed by atoms with Crippen molar-refractivity contribution in [1.82, 2.24) is 0 Å². The number of hydrogen-bond acceptors (Lipinski definition) is 5. The second-order valence-electron chi connectivity index (χ2n) is 7.97. The van der Waals surface area contributed by atoms with Gasteiger partial charge in [-0.3, -0.25) is 4.79 Å². The van der Waals surface area contributed by atoms with E-state index in [1.807, 2.05) is 31.2 Å². The fraction of sp³-hybridized carbons (Fsp3) is 0.100. The molecule has 0 unspecified atom stereocenters. The number of carboxylic acid groups (broad SMARTS) is 1. The van der Waals surface area contributed by atoms with Crippen LogP contribution in [0.2, 0.25) is 0 Å². The van der Waals surface area contributed by atoms with E-state index in [1.54, 1.807) is 30.3 Å². The first-order valence-corrected chi connectivity index (χ1v) is 11.2. The number of carbonyl (C=O) groups is 2. The quantitative estimate of drug-likeness (QED) is 0.309. The highest BCUT2D eigenvalue weighted by Gasteiger charge is 2.15. The Kier molecular flexibility index (Phi) is 10.9. The molecule has 0 saturated carbocycles. The summed E-state index contributed by atoms with van der Waals surface area (Å²) in [5.74, 6) is -2.10. The lowest BCUT2D eigenvalue weighted by molar-refractivity contribution is -0.191. The summed E-state index contributed by atoms with van der Waals surface area (Å²) >= 11 is 0. The van der Waals surface area contributed by atoms with Crippen molar-refractivity contribution in [2.75, 3.05) is 0 Å². The summed E-state index contributed by atoms with van der Waals surface area (Å²) in [5.41, 5.74) is 4.17. The van der Waals surface area contributed by atoms with E-state index >= 15 is 0 Å². The zero-order chi connectivity index (χ0) is 28.2. The van der Waals surface area contributed by atoms with Gasteiger partial charge in [0.15, 0.2) is 5.78 Å². The third kappa shape index (κ3) is 7.61. The van der Waals surface area contributed by atoms with Gasteiger partial charge in [-0.25, -0.2) is 13.6 Å². The second-order valence-corrected chi connectivity index (χ2v) is 7.97. The zero-order valence-corrected chi connectivity index (χ0v) is 20.6. The molecule has 0 radical (unpaired) electrons. The van der Waals surface area contributed by atoms with Crippen molar-refractivity contribution in [3.05, 3.63) is 119 Å². The Balaban J connectivity index is 0.000000245. The number of aliphatic hydroxyl groups is 1. The maximum Gasteiger partial charge on any atom is 0.373 e. The molecular weight excluding hydrogens is 494 g/mol. The molecule has 0 amide bonds. The molecule has 4 aromatic carbocycles. The Bertz CT molecular complexity index is 1470. The van der Waals surface area contributed by atoms with Crippen molar-refractivity contribution < 1.29 is 38.2 Å². The average Bonchev–Trinajstić information content (AvgIpc) is 2.90. The number of aryl methyl sites for hydroxylation is 1. The predicted molar refractivity (Wildman–Crippen MR) is 136 cm³/mol. The number of halogens is 2. The van der Waals surface area contributed by atoms with Gasteiger partial charge in [0.2, 0.25) is 0 Å². The number of carboxylic acids is 1. The molecule has 6 nitrogen and oxygen atoms in total. The highest BCUT2D eigenvalue weighted by Crippen LogP contribution is 2.28. The van der Waals surface area contributed by atoms with E-state index in [0.717, 1.165) is 16.7 Å². The standard InChI is InChI=1S/C15H11FO3.C14H13FO.CO2/c1-9(17)13-8-10(15(18)19)6-7-11(13)12-4-2-3-5-14(12)16;1-10-8-11(9-16)6-7-12(10)13-4-2-3-5-14(13)15;2-1-3/h2-8H,1H3,(H,18,19);2-8,16H,9H2,1H3;. The molecule has 0 heterocycles. The van der Waals surface area contributed by atoms with Gasteiger partial charge in [-0.1, -0.05) is 60.7 Å². The van der Waals surface area contributed by atoms with Crippen LogP contribution in [-0.4, -0.2) is 28.1 Å². The van der Waals surface area contributed by atoms with Crippen molar-refractivity contribution >= 4 is 17.9 Å². The van der Waals surface area contributed by atoms with Crippen LogP contribution in [-0.2, 0) is 16.2 Å². The Morgan fingerprint density at radius 1 is 0.763 bits per heavy atom. The smallest absolute Gasteiger partial charge is 0.373 e. The van der Waals surface area contributed by atoms with Gasteiger partial charge in [0.05, 0.1) is 12.2 Å². The van der Waals surface area contributed by atoms with Crippen molar-refractivity contribution in [2.24, 2.45) is 0 Å². The molecule has 8 heteroatoms. The molecular formula is C30H24F2O6. The van der Waals surface area contributed by atoms with Gasteiger partial charge >= 0.3 is 12.1 Å². The maximum absolute atomic E-state index is 13.8. The first kappa shape index (κ1) is 29.5. The molecule has 0 spiro atoms. The van der Waals surface area contributed by atoms with Gasteiger partial charge < -0.3 is 10.2 Å². The molecule has 0 saturated heterocycles. The molecule has 4 rings (SSSR count). The minimum Gasteiger partial charge on any atom is -0.478 e. The van der Waals surface area contributed by atoms with Gasteiger partial charge in [0.1, 0.15) is 11.6 Å². The number of Topliss-reactive ketones (excluding diaryl/α,β-unsaturated/α-hetero) is 1. The number of aliphatic hydroxyl groups excluding tert-OH is 1.